The maximum Gasteiger partial charge on any atom is 0.165 e. The largest absolute Gasteiger partial charge is 0.505 e. The van der Waals surface area contributed by atoms with Crippen molar-refractivity contribution in [2.24, 2.45) is 0 Å². The van der Waals surface area contributed by atoms with E-state index in [4.69, 9.17) is 0 Å². The monoisotopic (exact) mass is 421 g/mol. The number of nitrogens with one attached hydrogen (secondary N) is 2. The van der Waals surface area contributed by atoms with Crippen LogP contribution in [0.5, 0.6) is 5.75 Å². The number of likely N-dealkylation sites (tertiary alicyclic amines) is 1. The highest BCUT2D eigenvalue weighted by Gasteiger charge is 2.21. The fourth-order valence-electron chi connectivity index (χ4n) is 4.29. The van der Waals surface area contributed by atoms with Gasteiger partial charge in [0, 0.05) is 30.7 Å². The van der Waals surface area contributed by atoms with Gasteiger partial charge in [0.1, 0.15) is 5.69 Å². The van der Waals surface area contributed by atoms with Crippen molar-refractivity contribution in [3.63, 3.8) is 0 Å². The molecule has 3 heterocycles. The zero-order valence-electron chi connectivity index (χ0n) is 17.2. The number of aliphatic hydroxyl groups excluding tert-OH is 1. The number of rotatable bonds is 5. The van der Waals surface area contributed by atoms with E-state index < -0.39 is 5.82 Å². The molecule has 1 saturated heterocycles. The summed E-state index contributed by atoms with van der Waals surface area (Å²) in [6.07, 6.45) is 3.04. The average Bonchev–Trinajstić information content (AvgIpc) is 3.49. The molecule has 0 radical (unpaired) electrons. The Morgan fingerprint density at radius 2 is 2.13 bits per heavy atom. The molecule has 1 unspecified atom stereocenters. The maximum absolute atomic E-state index is 14.0. The van der Waals surface area contributed by atoms with Crippen LogP contribution in [0.25, 0.3) is 33.5 Å². The lowest BCUT2D eigenvalue weighted by atomic mass is 9.96. The van der Waals surface area contributed by atoms with E-state index in [9.17, 15) is 14.6 Å². The van der Waals surface area contributed by atoms with Crippen molar-refractivity contribution in [2.75, 3.05) is 13.1 Å². The molecular formula is C23H24FN5O2. The fourth-order valence-corrected chi connectivity index (χ4v) is 4.29. The normalized spacial score (nSPS) is 17.1. The molecule has 31 heavy (non-hydrogen) atoms. The summed E-state index contributed by atoms with van der Waals surface area (Å²) in [6.45, 7) is 4.24. The minimum Gasteiger partial charge on any atom is -0.505 e. The summed E-state index contributed by atoms with van der Waals surface area (Å²) in [5.74, 6) is -0.285. The molecule has 4 N–H and O–H groups in total. The molecule has 7 nitrogen and oxygen atoms in total. The Kier molecular flexibility index (Phi) is 4.95. The van der Waals surface area contributed by atoms with Crippen LogP contribution >= 0.6 is 0 Å². The second-order valence-electron chi connectivity index (χ2n) is 8.08. The summed E-state index contributed by atoms with van der Waals surface area (Å²) in [6, 6.07) is 8.68. The summed E-state index contributed by atoms with van der Waals surface area (Å²) in [4.78, 5) is 10.0. The Balaban J connectivity index is 1.45. The lowest BCUT2D eigenvalue weighted by Gasteiger charge is -2.12. The summed E-state index contributed by atoms with van der Waals surface area (Å²) < 4.78 is 14.0. The van der Waals surface area contributed by atoms with E-state index in [0.717, 1.165) is 51.9 Å². The predicted octanol–water partition coefficient (Wildman–Crippen LogP) is 3.59. The van der Waals surface area contributed by atoms with Gasteiger partial charge in [-0.25, -0.2) is 9.37 Å². The van der Waals surface area contributed by atoms with Crippen molar-refractivity contribution < 1.29 is 14.6 Å². The maximum atomic E-state index is 14.0. The molecule has 5 rings (SSSR count). The first-order valence-corrected chi connectivity index (χ1v) is 10.5. The number of aromatic amines is 2. The van der Waals surface area contributed by atoms with Gasteiger partial charge < -0.3 is 15.2 Å². The molecule has 0 amide bonds. The lowest BCUT2D eigenvalue weighted by Crippen LogP contribution is -2.21. The molecule has 1 fully saturated rings. The molecular weight excluding hydrogens is 397 g/mol. The van der Waals surface area contributed by atoms with E-state index >= 15 is 0 Å². The van der Waals surface area contributed by atoms with E-state index in [1.54, 1.807) is 0 Å². The van der Waals surface area contributed by atoms with Crippen LogP contribution in [0.3, 0.4) is 0 Å². The molecule has 1 atom stereocenters. The van der Waals surface area contributed by atoms with Crippen molar-refractivity contribution >= 4 is 10.9 Å². The number of nitrogens with zero attached hydrogens (tertiary/aromatic N) is 3. The number of fused-ring (bicyclic) bond motifs is 1. The Morgan fingerprint density at radius 1 is 1.26 bits per heavy atom. The Morgan fingerprint density at radius 3 is 2.90 bits per heavy atom. The molecule has 0 saturated carbocycles. The molecule has 0 spiro atoms. The summed E-state index contributed by atoms with van der Waals surface area (Å²) in [7, 11) is 0. The summed E-state index contributed by atoms with van der Waals surface area (Å²) >= 11 is 0. The number of phenolic OH excluding ortho intramolecular Hbond substituents is 1. The van der Waals surface area contributed by atoms with Gasteiger partial charge in [-0.3, -0.25) is 10.00 Å². The number of phenols is 1. The highest BCUT2D eigenvalue weighted by molar-refractivity contribution is 5.94. The molecule has 4 aromatic rings. The van der Waals surface area contributed by atoms with Crippen LogP contribution < -0.4 is 0 Å². The van der Waals surface area contributed by atoms with Crippen molar-refractivity contribution in [2.45, 2.75) is 32.4 Å². The van der Waals surface area contributed by atoms with Crippen LogP contribution in [0.1, 0.15) is 24.6 Å². The minimum atomic E-state index is -0.633. The SMILES string of the molecule is CCc1cc(O)c(F)cc1-c1ccc2c(-c3ncc(CN4CCC(O)C4)[nH]3)n[nH]c2c1. The molecule has 1 aliphatic rings. The second-order valence-corrected chi connectivity index (χ2v) is 8.08. The standard InChI is InChI=1S/C23H24FN5O2/c1-2-13-8-21(31)19(24)9-18(13)14-3-4-17-20(7-14)27-28-22(17)23-25-10-15(26-23)11-29-6-5-16(30)12-29/h3-4,7-10,16,30-31H,2,5-6,11-12H2,1H3,(H,25,26)(H,27,28). The third-order valence-electron chi connectivity index (χ3n) is 5.92. The van der Waals surface area contributed by atoms with Crippen molar-refractivity contribution in [3.05, 3.63) is 53.6 Å². The molecule has 2 aromatic heterocycles. The van der Waals surface area contributed by atoms with E-state index in [1.165, 1.54) is 12.1 Å². The van der Waals surface area contributed by atoms with Gasteiger partial charge in [0.15, 0.2) is 17.4 Å². The van der Waals surface area contributed by atoms with E-state index in [0.29, 0.717) is 25.3 Å². The summed E-state index contributed by atoms with van der Waals surface area (Å²) in [5, 5.41) is 27.8. The highest BCUT2D eigenvalue weighted by Crippen LogP contribution is 2.33. The molecule has 160 valence electrons. The Labute approximate surface area is 178 Å². The van der Waals surface area contributed by atoms with Gasteiger partial charge in [0.25, 0.3) is 0 Å². The molecule has 2 aromatic carbocycles. The number of H-pyrrole nitrogens is 2. The molecule has 0 bridgehead atoms. The van der Waals surface area contributed by atoms with Crippen LogP contribution in [0.4, 0.5) is 4.39 Å². The first kappa shape index (κ1) is 19.7. The van der Waals surface area contributed by atoms with Crippen LogP contribution in [0, 0.1) is 5.82 Å². The van der Waals surface area contributed by atoms with Crippen molar-refractivity contribution in [1.82, 2.24) is 25.1 Å². The number of aryl methyl sites for hydroxylation is 1. The quantitative estimate of drug-likeness (QED) is 0.395. The van der Waals surface area contributed by atoms with Gasteiger partial charge in [-0.15, -0.1) is 0 Å². The van der Waals surface area contributed by atoms with Crippen LogP contribution in [-0.2, 0) is 13.0 Å². The number of benzene rings is 2. The van der Waals surface area contributed by atoms with Gasteiger partial charge in [0.2, 0.25) is 0 Å². The van der Waals surface area contributed by atoms with Gasteiger partial charge in [-0.05, 0) is 53.8 Å². The topological polar surface area (TPSA) is 101 Å². The van der Waals surface area contributed by atoms with Crippen LogP contribution in [0.15, 0.2) is 36.5 Å². The van der Waals surface area contributed by atoms with Gasteiger partial charge in [-0.1, -0.05) is 13.0 Å². The van der Waals surface area contributed by atoms with Crippen molar-refractivity contribution in [1.29, 1.82) is 0 Å². The number of aromatic nitrogens is 4. The second kappa shape index (κ2) is 7.79. The zero-order chi connectivity index (χ0) is 21.5. The highest BCUT2D eigenvalue weighted by atomic mass is 19.1. The van der Waals surface area contributed by atoms with Gasteiger partial charge in [-0.2, -0.15) is 5.10 Å². The molecule has 1 aliphatic heterocycles. The number of imidazole rings is 1. The minimum absolute atomic E-state index is 0.248. The lowest BCUT2D eigenvalue weighted by molar-refractivity contribution is 0.174. The first-order chi connectivity index (χ1) is 15.0. The van der Waals surface area contributed by atoms with E-state index in [-0.39, 0.29) is 11.9 Å². The number of hydrogen-bond donors (Lipinski definition) is 4. The Hall–Kier alpha value is -3.23. The Bertz CT molecular complexity index is 1250. The average molecular weight is 421 g/mol. The van der Waals surface area contributed by atoms with Gasteiger partial charge >= 0.3 is 0 Å². The van der Waals surface area contributed by atoms with Crippen LogP contribution in [0.2, 0.25) is 0 Å². The van der Waals surface area contributed by atoms with Crippen molar-refractivity contribution in [3.8, 4) is 28.4 Å². The summed E-state index contributed by atoms with van der Waals surface area (Å²) in [5.41, 5.74) is 5.00. The number of halogens is 1. The fraction of sp³-hybridized carbons (Fsp3) is 0.304. The number of hydrogen-bond acceptors (Lipinski definition) is 5. The predicted molar refractivity (Wildman–Crippen MR) is 116 cm³/mol. The van der Waals surface area contributed by atoms with Gasteiger partial charge in [0.05, 0.1) is 17.8 Å². The third-order valence-corrected chi connectivity index (χ3v) is 5.92. The third kappa shape index (κ3) is 3.68. The van der Waals surface area contributed by atoms with Crippen LogP contribution in [-0.4, -0.2) is 54.5 Å². The number of aliphatic hydroxyl groups is 1. The number of β-amino-alcohol motifs (C(OH)–C–C–N with tert-alkyl or cyclic N) is 1. The van der Waals surface area contributed by atoms with E-state index in [2.05, 4.69) is 25.1 Å². The molecule has 8 heteroatoms. The van der Waals surface area contributed by atoms with E-state index in [1.807, 2.05) is 31.3 Å². The molecule has 0 aliphatic carbocycles. The first-order valence-electron chi connectivity index (χ1n) is 10.5. The number of aromatic hydroxyl groups is 1. The smallest absolute Gasteiger partial charge is 0.165 e. The zero-order valence-corrected chi connectivity index (χ0v) is 17.2.